The van der Waals surface area contributed by atoms with E-state index in [1.54, 1.807) is 12.1 Å². The van der Waals surface area contributed by atoms with Crippen LogP contribution in [-0.2, 0) is 41.1 Å². The molecule has 0 bridgehead atoms. The van der Waals surface area contributed by atoms with E-state index in [2.05, 4.69) is 21.9 Å². The van der Waals surface area contributed by atoms with Crippen molar-refractivity contribution in [3.8, 4) is 11.5 Å². The van der Waals surface area contributed by atoms with Gasteiger partial charge in [-0.25, -0.2) is 0 Å². The fourth-order valence-corrected chi connectivity index (χ4v) is 4.92. The molecule has 2 heterocycles. The number of hydrogen-bond acceptors (Lipinski definition) is 14. The van der Waals surface area contributed by atoms with Crippen LogP contribution in [0.3, 0.4) is 0 Å². The van der Waals surface area contributed by atoms with Crippen LogP contribution in [0.25, 0.3) is 21.5 Å². The molecule has 4 aromatic carbocycles. The van der Waals surface area contributed by atoms with Gasteiger partial charge < -0.3 is 39.5 Å². The standard InChI is InChI=1S/2C15H17NO2.2C2H4O2.4O.2U/c2*17-15-6-5-12-3-1-2-4-13(12)14(15)11-16-7-9-18-10-8-16;2*1-2(3)4;;;;;;/h2*1-6,17H,7-11H2;2*1H3,(H,3,4);;;;;;/q;;;;;;;;2*+2/p-4. The number of nitrogens with zero attached hydrogens (tertiary/aromatic N) is 2. The molecule has 2 aliphatic heterocycles. The van der Waals surface area contributed by atoms with Gasteiger partial charge in [0.05, 0.1) is 26.4 Å². The van der Waals surface area contributed by atoms with Crippen LogP contribution in [0.4, 0.5) is 0 Å². The van der Waals surface area contributed by atoms with Gasteiger partial charge in [0.15, 0.2) is 0 Å². The molecular formula is C34H38N2O12U2. The molecule has 0 atom stereocenters. The normalized spacial score (nSPS) is 13.6. The monoisotopic (exact) mass is 1140 g/mol. The van der Waals surface area contributed by atoms with Crippen molar-refractivity contribution in [2.75, 3.05) is 52.6 Å². The summed E-state index contributed by atoms with van der Waals surface area (Å²) in [6.07, 6.45) is 0. The number of carboxylic acid groups (broad SMARTS) is 2. The number of ether oxygens (including phenoxy) is 2. The SMILES string of the molecule is CC(=O)[O-].CC(=O)[O-].[O-]c1ccc2ccccc2c1CN1CCOCC1.[O-]c1ccc2ccccc2c1CN1CCOCC1.[O]=[U+2]=[O].[O]=[U+2]=[O]. The molecule has 14 nitrogen and oxygen atoms in total. The van der Waals surface area contributed by atoms with Crippen molar-refractivity contribution < 1.29 is 104 Å². The van der Waals surface area contributed by atoms with E-state index in [4.69, 9.17) is 38.2 Å². The van der Waals surface area contributed by atoms with E-state index in [1.807, 2.05) is 48.5 Å². The first kappa shape index (κ1) is 45.1. The summed E-state index contributed by atoms with van der Waals surface area (Å²) in [5, 5.41) is 46.3. The van der Waals surface area contributed by atoms with Crippen LogP contribution in [-0.4, -0.2) is 74.3 Å². The fraction of sp³-hybridized carbons (Fsp3) is 0.353. The fourth-order valence-electron chi connectivity index (χ4n) is 4.92. The average molecular weight is 1140 g/mol. The molecule has 6 rings (SSSR count). The number of carbonyl (C=O) groups excluding carboxylic acids is 2. The van der Waals surface area contributed by atoms with Gasteiger partial charge in [0.2, 0.25) is 0 Å². The van der Waals surface area contributed by atoms with Gasteiger partial charge in [-0.3, -0.25) is 9.80 Å². The molecule has 0 aliphatic carbocycles. The molecule has 4 aromatic rings. The number of carbonyl (C=O) groups is 2. The Kier molecular flexibility index (Phi) is 24.2. The average Bonchev–Trinajstić information content (AvgIpc) is 3.09. The van der Waals surface area contributed by atoms with Crippen LogP contribution in [0.5, 0.6) is 11.5 Å². The molecule has 16 heteroatoms. The zero-order valence-electron chi connectivity index (χ0n) is 27.8. The number of aliphatic carboxylic acids is 2. The minimum absolute atomic E-state index is 0.139. The van der Waals surface area contributed by atoms with Crippen LogP contribution in [0.2, 0.25) is 0 Å². The van der Waals surface area contributed by atoms with Gasteiger partial charge in [0.25, 0.3) is 0 Å². The molecule has 50 heavy (non-hydrogen) atoms. The second-order valence-electron chi connectivity index (χ2n) is 10.5. The molecule has 0 aromatic heterocycles. The first-order valence-electron chi connectivity index (χ1n) is 15.3. The van der Waals surface area contributed by atoms with Gasteiger partial charge in [-0.15, -0.1) is 11.5 Å². The Balaban J connectivity index is 0.000000366. The number of benzene rings is 4. The van der Waals surface area contributed by atoms with Crippen molar-refractivity contribution in [1.82, 2.24) is 9.80 Å². The molecule has 0 saturated carbocycles. The van der Waals surface area contributed by atoms with Crippen molar-refractivity contribution in [2.45, 2.75) is 26.9 Å². The summed E-state index contributed by atoms with van der Waals surface area (Å²) in [5.41, 5.74) is 1.82. The van der Waals surface area contributed by atoms with E-state index >= 15 is 0 Å². The maximum atomic E-state index is 12.0. The van der Waals surface area contributed by atoms with Crippen molar-refractivity contribution in [3.63, 3.8) is 0 Å². The van der Waals surface area contributed by atoms with E-state index in [0.29, 0.717) is 0 Å². The number of hydrogen-bond donors (Lipinski definition) is 0. The molecule has 2 aliphatic rings. The maximum absolute atomic E-state index is 12.0. The van der Waals surface area contributed by atoms with Gasteiger partial charge in [0, 0.05) is 51.2 Å². The Morgan fingerprint density at radius 2 is 0.860 bits per heavy atom. The summed E-state index contributed by atoms with van der Waals surface area (Å²) in [6, 6.07) is 23.3. The van der Waals surface area contributed by atoms with E-state index in [1.165, 1.54) is 0 Å². The zero-order valence-corrected chi connectivity index (χ0v) is 36.1. The Morgan fingerprint density at radius 1 is 0.580 bits per heavy atom. The summed E-state index contributed by atoms with van der Waals surface area (Å²) in [4.78, 5) is 22.3. The van der Waals surface area contributed by atoms with Crippen LogP contribution in [0.1, 0.15) is 25.0 Å². The van der Waals surface area contributed by atoms with E-state index in [-0.39, 0.29) is 11.5 Å². The Hall–Kier alpha value is -2.92. The van der Waals surface area contributed by atoms with Crippen LogP contribution in [0, 0.1) is 55.6 Å². The van der Waals surface area contributed by atoms with Crippen molar-refractivity contribution >= 4 is 33.5 Å². The molecule has 2 saturated heterocycles. The second kappa shape index (κ2) is 26.8. The topological polar surface area (TPSA) is 220 Å². The Morgan fingerprint density at radius 3 is 1.16 bits per heavy atom. The predicted octanol–water partition coefficient (Wildman–Crippen LogP) is 0.528. The minimum atomic E-state index is -2.51. The second-order valence-corrected chi connectivity index (χ2v) is 11.8. The van der Waals surface area contributed by atoms with E-state index in [0.717, 1.165) is 112 Å². The van der Waals surface area contributed by atoms with Crippen LogP contribution < -0.4 is 20.4 Å². The number of morpholine rings is 2. The molecule has 0 radical (unpaired) electrons. The van der Waals surface area contributed by atoms with Crippen molar-refractivity contribution in [3.05, 3.63) is 83.9 Å². The van der Waals surface area contributed by atoms with Crippen LogP contribution >= 0.6 is 0 Å². The summed E-state index contributed by atoms with van der Waals surface area (Å²) in [5.74, 6) is -1.89. The quantitative estimate of drug-likeness (QED) is 0.273. The third-order valence-corrected chi connectivity index (χ3v) is 6.97. The van der Waals surface area contributed by atoms with Crippen LogP contribution in [0.15, 0.2) is 72.8 Å². The molecule has 0 spiro atoms. The number of carboxylic acids is 2. The molecule has 0 unspecified atom stereocenters. The molecule has 0 amide bonds. The summed E-state index contributed by atoms with van der Waals surface area (Å²) >= 11 is -5.01. The summed E-state index contributed by atoms with van der Waals surface area (Å²) in [6.45, 7) is 10.1. The third kappa shape index (κ3) is 18.4. The summed E-state index contributed by atoms with van der Waals surface area (Å²) < 4.78 is 45.0. The number of fused-ring (bicyclic) bond motifs is 2. The molecule has 2 fully saturated rings. The third-order valence-electron chi connectivity index (χ3n) is 6.97. The Bertz CT molecular complexity index is 1570. The van der Waals surface area contributed by atoms with Gasteiger partial charge in [-0.05, 0) is 46.5 Å². The molecule has 264 valence electrons. The molecular weight excluding hydrogens is 1100 g/mol. The van der Waals surface area contributed by atoms with Crippen molar-refractivity contribution in [1.29, 1.82) is 0 Å². The van der Waals surface area contributed by atoms with Gasteiger partial charge in [-0.2, -0.15) is 0 Å². The summed E-state index contributed by atoms with van der Waals surface area (Å²) in [7, 11) is 0. The van der Waals surface area contributed by atoms with Gasteiger partial charge in [-0.1, -0.05) is 72.8 Å². The Labute approximate surface area is 319 Å². The predicted molar refractivity (Wildman–Crippen MR) is 163 cm³/mol. The first-order valence-corrected chi connectivity index (χ1v) is 22.1. The number of rotatable bonds is 4. The van der Waals surface area contributed by atoms with Gasteiger partial charge in [0.1, 0.15) is 0 Å². The first-order chi connectivity index (χ1) is 24.0. The molecule has 0 N–H and O–H groups in total. The van der Waals surface area contributed by atoms with Crippen molar-refractivity contribution in [2.24, 2.45) is 0 Å². The zero-order chi connectivity index (χ0) is 37.3. The van der Waals surface area contributed by atoms with E-state index in [9.17, 15) is 10.2 Å². The van der Waals surface area contributed by atoms with Gasteiger partial charge >= 0.3 is 64.6 Å². The van der Waals surface area contributed by atoms with E-state index < -0.39 is 67.6 Å².